The van der Waals surface area contributed by atoms with Crippen LogP contribution in [-0.2, 0) is 19.2 Å². The van der Waals surface area contributed by atoms with Crippen molar-refractivity contribution in [2.45, 2.75) is 39.7 Å². The number of hydrogen-bond donors (Lipinski definition) is 2. The number of carboxylic acids is 1. The van der Waals surface area contributed by atoms with Gasteiger partial charge in [0, 0.05) is 19.8 Å². The van der Waals surface area contributed by atoms with Gasteiger partial charge < -0.3 is 10.4 Å². The summed E-state index contributed by atoms with van der Waals surface area (Å²) in [4.78, 5) is 46.5. The number of carbonyl (C=O) groups is 4. The van der Waals surface area contributed by atoms with Crippen molar-refractivity contribution in [1.29, 1.82) is 0 Å². The lowest BCUT2D eigenvalue weighted by Gasteiger charge is -2.35. The fraction of sp³-hybridized carbons (Fsp3) is 0.667. The quantitative estimate of drug-likeness (QED) is 0.686. The Bertz CT molecular complexity index is 410. The molecule has 0 saturated carbocycles. The third-order valence-corrected chi connectivity index (χ3v) is 2.90. The van der Waals surface area contributed by atoms with Crippen LogP contribution in [0, 0.1) is 5.41 Å². The molecule has 106 valence electrons. The van der Waals surface area contributed by atoms with Crippen molar-refractivity contribution in [2.24, 2.45) is 5.41 Å². The summed E-state index contributed by atoms with van der Waals surface area (Å²) < 4.78 is 0. The summed E-state index contributed by atoms with van der Waals surface area (Å²) in [5, 5.41) is 11.2. The van der Waals surface area contributed by atoms with Crippen molar-refractivity contribution in [3.05, 3.63) is 0 Å². The van der Waals surface area contributed by atoms with E-state index in [1.165, 1.54) is 6.92 Å². The van der Waals surface area contributed by atoms with Crippen molar-refractivity contribution in [2.75, 3.05) is 6.54 Å². The molecule has 0 aliphatic carbocycles. The molecule has 0 aromatic carbocycles. The largest absolute Gasteiger partial charge is 0.480 e. The van der Waals surface area contributed by atoms with Crippen molar-refractivity contribution in [3.63, 3.8) is 0 Å². The van der Waals surface area contributed by atoms with Crippen molar-refractivity contribution in [3.8, 4) is 0 Å². The van der Waals surface area contributed by atoms with Crippen molar-refractivity contribution < 1.29 is 24.3 Å². The highest BCUT2D eigenvalue weighted by atomic mass is 16.4. The van der Waals surface area contributed by atoms with E-state index in [1.807, 2.05) is 13.8 Å². The second-order valence-electron chi connectivity index (χ2n) is 5.51. The van der Waals surface area contributed by atoms with Gasteiger partial charge in [0.2, 0.25) is 17.7 Å². The Labute approximate surface area is 110 Å². The molecule has 3 amide bonds. The molecule has 0 bridgehead atoms. The topological polar surface area (TPSA) is 104 Å². The number of likely N-dealkylation sites (tertiary alicyclic amines) is 1. The lowest BCUT2D eigenvalue weighted by atomic mass is 9.81. The first-order chi connectivity index (χ1) is 8.62. The van der Waals surface area contributed by atoms with Crippen LogP contribution >= 0.6 is 0 Å². The first-order valence-electron chi connectivity index (χ1n) is 5.95. The van der Waals surface area contributed by atoms with E-state index in [0.717, 1.165) is 4.90 Å². The van der Waals surface area contributed by atoms with Gasteiger partial charge in [-0.25, -0.2) is 4.79 Å². The summed E-state index contributed by atoms with van der Waals surface area (Å²) in [5.74, 6) is -2.61. The highest BCUT2D eigenvalue weighted by Gasteiger charge is 2.39. The lowest BCUT2D eigenvalue weighted by molar-refractivity contribution is -0.154. The summed E-state index contributed by atoms with van der Waals surface area (Å²) in [7, 11) is 0. The second-order valence-corrected chi connectivity index (χ2v) is 5.51. The van der Waals surface area contributed by atoms with Crippen LogP contribution in [-0.4, -0.2) is 46.3 Å². The van der Waals surface area contributed by atoms with E-state index >= 15 is 0 Å². The smallest absolute Gasteiger partial charge is 0.328 e. The molecule has 0 spiro atoms. The number of nitrogens with zero attached hydrogens (tertiary/aromatic N) is 1. The molecule has 1 unspecified atom stereocenters. The van der Waals surface area contributed by atoms with Gasteiger partial charge in [0.25, 0.3) is 0 Å². The highest BCUT2D eigenvalue weighted by Crippen LogP contribution is 2.31. The fourth-order valence-electron chi connectivity index (χ4n) is 2.03. The van der Waals surface area contributed by atoms with E-state index in [0.29, 0.717) is 0 Å². The summed E-state index contributed by atoms with van der Waals surface area (Å²) >= 11 is 0. The van der Waals surface area contributed by atoms with Gasteiger partial charge in [0.05, 0.1) is 6.54 Å². The third-order valence-electron chi connectivity index (χ3n) is 2.90. The number of hydrogen-bond acceptors (Lipinski definition) is 4. The van der Waals surface area contributed by atoms with Crippen LogP contribution < -0.4 is 5.32 Å². The number of imide groups is 1. The Morgan fingerprint density at radius 1 is 1.32 bits per heavy atom. The minimum atomic E-state index is -1.28. The number of nitrogens with one attached hydrogen (secondary N) is 1. The Balaban J connectivity index is 2.79. The molecule has 0 radical (unpaired) electrons. The van der Waals surface area contributed by atoms with Crippen molar-refractivity contribution in [1.82, 2.24) is 10.2 Å². The van der Waals surface area contributed by atoms with E-state index in [2.05, 4.69) is 5.32 Å². The highest BCUT2D eigenvalue weighted by molar-refractivity contribution is 5.99. The molecule has 1 aliphatic rings. The van der Waals surface area contributed by atoms with Gasteiger partial charge in [-0.05, 0) is 5.41 Å². The molecule has 19 heavy (non-hydrogen) atoms. The molecule has 1 fully saturated rings. The number of aliphatic carboxylic acids is 1. The van der Waals surface area contributed by atoms with Gasteiger partial charge in [-0.3, -0.25) is 19.3 Å². The Morgan fingerprint density at radius 3 is 2.16 bits per heavy atom. The van der Waals surface area contributed by atoms with Gasteiger partial charge in [0.1, 0.15) is 6.04 Å². The Kier molecular flexibility index (Phi) is 4.28. The van der Waals surface area contributed by atoms with Crippen LogP contribution in [0.3, 0.4) is 0 Å². The molecule has 1 aliphatic heterocycles. The molecule has 0 aromatic rings. The molecule has 1 heterocycles. The van der Waals surface area contributed by atoms with Crippen molar-refractivity contribution >= 4 is 23.7 Å². The van der Waals surface area contributed by atoms with Crippen LogP contribution in [0.15, 0.2) is 0 Å². The normalized spacial score (nSPS) is 20.1. The van der Waals surface area contributed by atoms with Crippen LogP contribution in [0.4, 0.5) is 0 Å². The van der Waals surface area contributed by atoms with E-state index in [1.54, 1.807) is 0 Å². The molecule has 1 atom stereocenters. The zero-order valence-electron chi connectivity index (χ0n) is 11.2. The predicted molar refractivity (Wildman–Crippen MR) is 65.0 cm³/mol. The zero-order valence-corrected chi connectivity index (χ0v) is 11.2. The monoisotopic (exact) mass is 270 g/mol. The number of carbonyl (C=O) groups excluding carboxylic acids is 3. The molecule has 7 heteroatoms. The number of amides is 3. The SMILES string of the molecule is CC(=O)NC(CN1C(=O)CC(C)(C)CC1=O)C(=O)O. The maximum Gasteiger partial charge on any atom is 0.328 e. The van der Waals surface area contributed by atoms with Gasteiger partial charge in [-0.15, -0.1) is 0 Å². The molecule has 0 aromatic heterocycles. The molecular formula is C12H18N2O5. The minimum Gasteiger partial charge on any atom is -0.480 e. The molecule has 2 N–H and O–H groups in total. The number of rotatable bonds is 4. The standard InChI is InChI=1S/C12H18N2O5/c1-7(15)13-8(11(18)19)6-14-9(16)4-12(2,3)5-10(14)17/h8H,4-6H2,1-3H3,(H,13,15)(H,18,19). The third kappa shape index (κ3) is 4.04. The summed E-state index contributed by atoms with van der Waals surface area (Å²) in [5.41, 5.74) is -0.405. The second kappa shape index (κ2) is 5.38. The Hall–Kier alpha value is -1.92. The van der Waals surface area contributed by atoms with E-state index in [-0.39, 0.29) is 19.4 Å². The first kappa shape index (κ1) is 15.1. The van der Waals surface area contributed by atoms with Gasteiger partial charge in [-0.1, -0.05) is 13.8 Å². The predicted octanol–water partition coefficient (Wildman–Crippen LogP) is -0.249. The van der Waals surface area contributed by atoms with Gasteiger partial charge >= 0.3 is 5.97 Å². The van der Waals surface area contributed by atoms with Gasteiger partial charge in [0.15, 0.2) is 0 Å². The molecule has 7 nitrogen and oxygen atoms in total. The van der Waals surface area contributed by atoms with Crippen LogP contribution in [0.5, 0.6) is 0 Å². The Morgan fingerprint density at radius 2 is 1.79 bits per heavy atom. The first-order valence-corrected chi connectivity index (χ1v) is 5.95. The van der Waals surface area contributed by atoms with Crippen LogP contribution in [0.25, 0.3) is 0 Å². The summed E-state index contributed by atoms with van der Waals surface area (Å²) in [6, 6.07) is -1.27. The summed E-state index contributed by atoms with van der Waals surface area (Å²) in [6.45, 7) is 4.47. The molecule has 1 saturated heterocycles. The van der Waals surface area contributed by atoms with Crippen LogP contribution in [0.2, 0.25) is 0 Å². The number of carboxylic acid groups (broad SMARTS) is 1. The van der Waals surface area contributed by atoms with Gasteiger partial charge in [-0.2, -0.15) is 0 Å². The molecular weight excluding hydrogens is 252 g/mol. The van der Waals surface area contributed by atoms with E-state index in [9.17, 15) is 19.2 Å². The lowest BCUT2D eigenvalue weighted by Crippen LogP contribution is -2.54. The van der Waals surface area contributed by atoms with E-state index < -0.39 is 35.1 Å². The zero-order chi connectivity index (χ0) is 14.8. The summed E-state index contributed by atoms with van der Waals surface area (Å²) in [6.07, 6.45) is 0.371. The average Bonchev–Trinajstić information content (AvgIpc) is 2.19. The number of piperidine rings is 1. The average molecular weight is 270 g/mol. The maximum absolute atomic E-state index is 11.9. The minimum absolute atomic E-state index is 0.186. The molecule has 1 rings (SSSR count). The maximum atomic E-state index is 11.9. The fourth-order valence-corrected chi connectivity index (χ4v) is 2.03. The van der Waals surface area contributed by atoms with E-state index in [4.69, 9.17) is 5.11 Å². The van der Waals surface area contributed by atoms with Crippen LogP contribution in [0.1, 0.15) is 33.6 Å².